The van der Waals surface area contributed by atoms with Gasteiger partial charge in [-0.1, -0.05) is 322 Å². The molecule has 6 aromatic rings. The summed E-state index contributed by atoms with van der Waals surface area (Å²) in [5.41, 5.74) is 18.8. The van der Waals surface area contributed by atoms with Gasteiger partial charge in [-0.3, -0.25) is 19.6 Å². The number of carbonyl (C=O) groups is 3. The number of esters is 1. The summed E-state index contributed by atoms with van der Waals surface area (Å²) in [6.45, 7) is 40.3. The van der Waals surface area contributed by atoms with E-state index in [1.807, 2.05) is 45.0 Å². The molecule has 0 unspecified atom stereocenters. The Labute approximate surface area is 822 Å². The Morgan fingerprint density at radius 1 is 0.459 bits per heavy atom. The highest BCUT2D eigenvalue weighted by atomic mass is 35.5. The molecule has 4 aromatic carbocycles. The fourth-order valence-electron chi connectivity index (χ4n) is 22.4. The van der Waals surface area contributed by atoms with Crippen molar-refractivity contribution >= 4 is 63.1 Å². The van der Waals surface area contributed by atoms with Crippen LogP contribution in [0.2, 0.25) is 0 Å². The second-order valence-corrected chi connectivity index (χ2v) is 42.1. The number of nitrogens with zero attached hydrogens (tertiary/aromatic N) is 6. The molecule has 135 heavy (non-hydrogen) atoms. The summed E-state index contributed by atoms with van der Waals surface area (Å²) >= 11 is 0. The van der Waals surface area contributed by atoms with Gasteiger partial charge in [0.1, 0.15) is 25.3 Å². The Bertz CT molecular complexity index is 4900. The lowest BCUT2D eigenvalue weighted by Crippen LogP contribution is -3.00. The Morgan fingerprint density at radius 3 is 1.15 bits per heavy atom. The standard InChI is InChI=1S/C46H58N4O4.C40H49N5O2.2C12H22.C8H16.CH4.ClH/c1-10-28-49-38-19-14-12-17-35(38)45(6,7)40(49)25-22-33(23-26-41-46(8,9)36-18-13-15-20-39(36)50(41)29-11-2)37-24-21-34(31-48-37)43(52)47-27-16-30-53-32-42(51)54-44(3,4)5;1-7-25-44-34-16-11-9-14-31(34)39(3,4)36(44)22-19-29(33-21-18-30(28-43-33)38(46)42-24-13-27-47-41)20-23-37-40(5,6)32-15-10-12-17-35(32)45(37)26-8-2;2*1-3-7-11(8-4-1)12-9-5-2-6-10-12;1-2-8-6-4-3-5-7-8;;/h12-15,17-26,31H,10-11,16,27-30,32H2,1-9H3;9-12,14-23,28H,7-8,13,24-27,41H2,1-6H3;2*11-12H,1-10H2;8H,2-7H2,1H3;1H4;1H/p+1. The molecule has 0 radical (unpaired) electrons. The van der Waals surface area contributed by atoms with E-state index in [-0.39, 0.29) is 59.9 Å². The van der Waals surface area contributed by atoms with Crippen molar-refractivity contribution in [3.05, 3.63) is 238 Å². The predicted octanol–water partition coefficient (Wildman–Crippen LogP) is 25.6. The molecule has 0 spiro atoms. The van der Waals surface area contributed by atoms with Crippen molar-refractivity contribution < 1.29 is 50.3 Å². The van der Waals surface area contributed by atoms with Gasteiger partial charge in [-0.05, 0) is 176 Å². The van der Waals surface area contributed by atoms with Gasteiger partial charge in [0.05, 0.1) is 40.0 Å². The summed E-state index contributed by atoms with van der Waals surface area (Å²) in [6, 6.07) is 42.4. The average Bonchev–Trinajstić information content (AvgIpc) is 1.61. The molecule has 15 rings (SSSR count). The van der Waals surface area contributed by atoms with E-state index in [0.717, 1.165) is 104 Å². The number of aromatic nitrogens is 2. The van der Waals surface area contributed by atoms with Gasteiger partial charge in [-0.15, -0.1) is 0 Å². The second kappa shape index (κ2) is 53.9. The highest BCUT2D eigenvalue weighted by Crippen LogP contribution is 2.51. The number of ether oxygens (including phenoxy) is 2. The monoisotopic (exact) mass is 1860 g/mol. The molecule has 0 saturated heterocycles. The van der Waals surface area contributed by atoms with Gasteiger partial charge in [-0.2, -0.15) is 9.15 Å². The van der Waals surface area contributed by atoms with E-state index < -0.39 is 11.6 Å². The lowest BCUT2D eigenvalue weighted by atomic mass is 9.73. The van der Waals surface area contributed by atoms with E-state index in [0.29, 0.717) is 50.3 Å². The quantitative estimate of drug-likeness (QED) is 0.0125. The minimum atomic E-state index is -0.550. The van der Waals surface area contributed by atoms with Gasteiger partial charge < -0.3 is 47.2 Å². The van der Waals surface area contributed by atoms with Gasteiger partial charge in [0.15, 0.2) is 11.4 Å². The highest BCUT2D eigenvalue weighted by molar-refractivity contribution is 6.05. The molecule has 15 nitrogen and oxygen atoms in total. The molecule has 0 atom stereocenters. The third-order valence-electron chi connectivity index (χ3n) is 29.7. The molecule has 0 bridgehead atoms. The van der Waals surface area contributed by atoms with Gasteiger partial charge >= 0.3 is 5.97 Å². The molecule has 2 amide bonds. The number of hydrogen-bond donors (Lipinski definition) is 3. The minimum absolute atomic E-state index is 0. The summed E-state index contributed by atoms with van der Waals surface area (Å²) in [6.07, 6.45) is 66.2. The zero-order valence-electron chi connectivity index (χ0n) is 85.3. The smallest absolute Gasteiger partial charge is 0.332 e. The topological polar surface area (TPSA) is 167 Å². The van der Waals surface area contributed by atoms with Crippen molar-refractivity contribution in [1.82, 2.24) is 20.6 Å². The molecule has 4 aliphatic heterocycles. The Kier molecular flexibility index (Phi) is 43.8. The van der Waals surface area contributed by atoms with Crippen LogP contribution in [0, 0.1) is 29.6 Å². The van der Waals surface area contributed by atoms with Crippen LogP contribution in [-0.4, -0.2) is 113 Å². The van der Waals surface area contributed by atoms with Gasteiger partial charge in [-0.25, -0.2) is 10.7 Å². The minimum Gasteiger partial charge on any atom is -1.00 e. The normalized spacial score (nSPS) is 19.4. The van der Waals surface area contributed by atoms with Crippen molar-refractivity contribution in [2.24, 2.45) is 35.5 Å². The lowest BCUT2D eigenvalue weighted by Gasteiger charge is -2.32. The number of para-hydroxylation sites is 4. The van der Waals surface area contributed by atoms with Gasteiger partial charge in [0.25, 0.3) is 11.8 Å². The number of carbonyl (C=O) groups excluding carboxylic acids is 3. The molecular weight excluding hydrogens is 1690 g/mol. The number of amides is 2. The van der Waals surface area contributed by atoms with Crippen molar-refractivity contribution in [1.29, 1.82) is 0 Å². The van der Waals surface area contributed by atoms with Crippen molar-refractivity contribution in [3.8, 4) is 0 Å². The van der Waals surface area contributed by atoms with Crippen molar-refractivity contribution in [2.75, 3.05) is 68.9 Å². The number of rotatable bonds is 31. The van der Waals surface area contributed by atoms with Crippen LogP contribution in [0.25, 0.3) is 11.1 Å². The summed E-state index contributed by atoms with van der Waals surface area (Å²) in [4.78, 5) is 56.8. The average molecular weight is 1860 g/mol. The maximum atomic E-state index is 13.1. The van der Waals surface area contributed by atoms with Crippen LogP contribution in [0.1, 0.15) is 378 Å². The Balaban J connectivity index is 0.000000225. The number of halogens is 1. The highest BCUT2D eigenvalue weighted by Gasteiger charge is 2.47. The molecule has 2 aromatic heterocycles. The first-order valence-electron chi connectivity index (χ1n) is 52.2. The molecule has 5 aliphatic carbocycles. The van der Waals surface area contributed by atoms with Crippen LogP contribution in [0.5, 0.6) is 0 Å². The molecule has 9 aliphatic rings. The van der Waals surface area contributed by atoms with Crippen LogP contribution in [0.4, 0.5) is 22.7 Å². The van der Waals surface area contributed by atoms with Gasteiger partial charge in [0, 0.05) is 138 Å². The zero-order chi connectivity index (χ0) is 95.0. The summed E-state index contributed by atoms with van der Waals surface area (Å²) in [7, 11) is 0. The maximum Gasteiger partial charge on any atom is 0.332 e. The molecule has 5 fully saturated rings. The zero-order valence-corrected chi connectivity index (χ0v) is 86.0. The molecule has 4 N–H and O–H groups in total. The van der Waals surface area contributed by atoms with Crippen LogP contribution >= 0.6 is 0 Å². The van der Waals surface area contributed by atoms with Crippen LogP contribution in [0.3, 0.4) is 0 Å². The number of nitrogens with two attached hydrogens (primary N) is 1. The predicted molar refractivity (Wildman–Crippen MR) is 563 cm³/mol. The number of anilines is 2. The number of nitrogens with one attached hydrogen (secondary N) is 2. The van der Waals surface area contributed by atoms with E-state index in [4.69, 9.17) is 25.3 Å². The molecular formula is C119H173ClN9O6+. The molecule has 736 valence electrons. The number of benzene rings is 4. The molecule has 6 heterocycles. The Hall–Kier alpha value is -8.86. The van der Waals surface area contributed by atoms with Gasteiger partial charge in [0.2, 0.25) is 11.4 Å². The summed E-state index contributed by atoms with van der Waals surface area (Å²) in [5, 5.41) is 5.85. The lowest BCUT2D eigenvalue weighted by molar-refractivity contribution is -0.437. The first kappa shape index (κ1) is 110. The summed E-state index contributed by atoms with van der Waals surface area (Å²) < 4.78 is 15.6. The number of fused-ring (bicyclic) bond motifs is 4. The maximum absolute atomic E-state index is 13.1. The van der Waals surface area contributed by atoms with Crippen LogP contribution in [0.15, 0.2) is 194 Å². The largest absolute Gasteiger partial charge is 1.00 e. The van der Waals surface area contributed by atoms with E-state index in [9.17, 15) is 14.4 Å². The van der Waals surface area contributed by atoms with E-state index in [2.05, 4.69) is 270 Å². The fourth-order valence-corrected chi connectivity index (χ4v) is 22.4. The molecule has 5 saturated carbocycles. The summed E-state index contributed by atoms with van der Waals surface area (Å²) in [5.74, 6) is 9.97. The fraction of sp³-hybridized carbons (Fsp3) is 0.571. The number of pyridine rings is 2. The van der Waals surface area contributed by atoms with E-state index in [1.54, 1.807) is 63.8 Å². The third-order valence-corrected chi connectivity index (χ3v) is 29.7. The van der Waals surface area contributed by atoms with Crippen LogP contribution < -0.4 is 38.7 Å². The third kappa shape index (κ3) is 29.6. The van der Waals surface area contributed by atoms with Crippen LogP contribution in [-0.2, 0) is 40.8 Å². The van der Waals surface area contributed by atoms with E-state index in [1.165, 1.54) is 183 Å². The second-order valence-electron chi connectivity index (χ2n) is 42.1. The van der Waals surface area contributed by atoms with Crippen molar-refractivity contribution in [3.63, 3.8) is 0 Å². The van der Waals surface area contributed by atoms with E-state index >= 15 is 0 Å². The molecule has 16 heteroatoms. The number of hydrogen-bond acceptors (Lipinski definition) is 11. The Morgan fingerprint density at radius 2 is 0.815 bits per heavy atom. The SMILES string of the molecule is C.C1CCC(C2CCCCC2)CC1.C1CCC(C2CCCCC2)CC1.CCC1CCCCC1.CCCN1/C(=C/C=C(/C=C/C2=[N+](CCC)c3ccccc3C2(C)C)c2ccc(C(=O)NCCCOCC(=O)OC(C)(C)C)cn2)C(C)(C)c2ccccc21.CCCN1/C(=C/C=C(/C=C/C2=[N+](CCC)c3ccccc3C2(C)C)c2ccc(C(=O)NCCCON)cn2)C(C)(C)c2ccccc21.[Cl-]. The first-order valence-corrected chi connectivity index (χ1v) is 52.2. The first-order chi connectivity index (χ1) is 64.2. The number of allylic oxidation sites excluding steroid dienone is 12. The van der Waals surface area contributed by atoms with Crippen molar-refractivity contribution in [2.45, 2.75) is 351 Å².